The highest BCUT2D eigenvalue weighted by Crippen LogP contribution is 2.31. The van der Waals surface area contributed by atoms with Crippen molar-refractivity contribution in [1.29, 1.82) is 0 Å². The first-order valence-electron chi connectivity index (χ1n) is 6.28. The van der Waals surface area contributed by atoms with E-state index in [0.29, 0.717) is 5.16 Å². The van der Waals surface area contributed by atoms with Crippen molar-refractivity contribution in [3.63, 3.8) is 0 Å². The highest BCUT2D eigenvalue weighted by Gasteiger charge is 2.28. The number of benzene rings is 1. The van der Waals surface area contributed by atoms with Gasteiger partial charge >= 0.3 is 0 Å². The van der Waals surface area contributed by atoms with Gasteiger partial charge in [0, 0.05) is 13.0 Å². The third-order valence-electron chi connectivity index (χ3n) is 3.00. The molecule has 0 fully saturated rings. The van der Waals surface area contributed by atoms with Crippen LogP contribution in [0.15, 0.2) is 28.4 Å². The Bertz CT molecular complexity index is 535. The fourth-order valence-electron chi connectivity index (χ4n) is 2.42. The molecule has 1 aromatic rings. The van der Waals surface area contributed by atoms with Gasteiger partial charge in [0.1, 0.15) is 16.7 Å². The molecule has 102 valence electrons. The van der Waals surface area contributed by atoms with Crippen LogP contribution in [0.5, 0.6) is 5.75 Å². The van der Waals surface area contributed by atoms with Gasteiger partial charge in [0.25, 0.3) is 0 Å². The number of hydrogen-bond donors (Lipinski definition) is 1. The van der Waals surface area contributed by atoms with E-state index in [9.17, 15) is 0 Å². The van der Waals surface area contributed by atoms with Crippen LogP contribution in [0.4, 0.5) is 0 Å². The molecular formula is C15H19ClN2O. The van der Waals surface area contributed by atoms with Crippen molar-refractivity contribution in [3.05, 3.63) is 40.1 Å². The van der Waals surface area contributed by atoms with E-state index in [1.807, 2.05) is 27.7 Å². The second-order valence-electron chi connectivity index (χ2n) is 5.20. The normalized spacial score (nSPS) is 22.4. The SMILES string of the molecule is CC1=NC(C)(Oc2c(C)cc(C)cc2C)C=C(Cl)N1. The maximum Gasteiger partial charge on any atom is 0.221 e. The molecule has 1 aliphatic heterocycles. The number of amidine groups is 1. The average Bonchev–Trinajstić information content (AvgIpc) is 2.21. The van der Waals surface area contributed by atoms with Crippen molar-refractivity contribution in [2.75, 3.05) is 0 Å². The molecule has 0 spiro atoms. The van der Waals surface area contributed by atoms with Gasteiger partial charge in [-0.3, -0.25) is 0 Å². The van der Waals surface area contributed by atoms with Crippen LogP contribution in [0, 0.1) is 20.8 Å². The summed E-state index contributed by atoms with van der Waals surface area (Å²) in [6.07, 6.45) is 1.78. The van der Waals surface area contributed by atoms with E-state index in [1.165, 1.54) is 5.56 Å². The molecule has 1 unspecified atom stereocenters. The number of halogens is 1. The van der Waals surface area contributed by atoms with Crippen LogP contribution in [-0.2, 0) is 0 Å². The highest BCUT2D eigenvalue weighted by molar-refractivity contribution is 6.30. The molecule has 1 aromatic carbocycles. The van der Waals surface area contributed by atoms with E-state index in [1.54, 1.807) is 6.08 Å². The quantitative estimate of drug-likeness (QED) is 0.835. The van der Waals surface area contributed by atoms with Gasteiger partial charge in [0.2, 0.25) is 5.72 Å². The van der Waals surface area contributed by atoms with Gasteiger partial charge in [0.15, 0.2) is 0 Å². The Labute approximate surface area is 119 Å². The molecule has 3 nitrogen and oxygen atoms in total. The van der Waals surface area contributed by atoms with Crippen LogP contribution in [0.2, 0.25) is 0 Å². The van der Waals surface area contributed by atoms with Gasteiger partial charge in [-0.1, -0.05) is 29.3 Å². The van der Waals surface area contributed by atoms with Gasteiger partial charge in [-0.25, -0.2) is 4.99 Å². The second-order valence-corrected chi connectivity index (χ2v) is 5.61. The Kier molecular flexibility index (Phi) is 3.59. The number of nitrogens with one attached hydrogen (secondary N) is 1. The fourth-order valence-corrected chi connectivity index (χ4v) is 2.76. The highest BCUT2D eigenvalue weighted by atomic mass is 35.5. The van der Waals surface area contributed by atoms with Crippen molar-refractivity contribution in [3.8, 4) is 5.75 Å². The van der Waals surface area contributed by atoms with Crippen molar-refractivity contribution in [1.82, 2.24) is 5.32 Å². The first-order valence-corrected chi connectivity index (χ1v) is 6.65. The minimum atomic E-state index is -0.767. The zero-order valence-electron chi connectivity index (χ0n) is 12.0. The molecule has 0 aliphatic carbocycles. The number of ether oxygens (including phenoxy) is 1. The zero-order valence-corrected chi connectivity index (χ0v) is 12.7. The number of aliphatic imine (C=N–C) groups is 1. The minimum Gasteiger partial charge on any atom is -0.462 e. The van der Waals surface area contributed by atoms with E-state index in [0.717, 1.165) is 22.7 Å². The zero-order chi connectivity index (χ0) is 14.2. The third-order valence-corrected chi connectivity index (χ3v) is 3.20. The van der Waals surface area contributed by atoms with Crippen LogP contribution >= 0.6 is 11.6 Å². The topological polar surface area (TPSA) is 33.6 Å². The molecule has 0 radical (unpaired) electrons. The van der Waals surface area contributed by atoms with E-state index in [2.05, 4.69) is 29.4 Å². The molecule has 1 aliphatic rings. The molecule has 0 saturated carbocycles. The maximum absolute atomic E-state index is 6.11. The smallest absolute Gasteiger partial charge is 0.221 e. The standard InChI is InChI=1S/C15H19ClN2O/c1-9-6-10(2)14(11(3)7-9)19-15(5)8-13(16)17-12(4)18-15/h6-8H,1-5H3,(H,17,18). The lowest BCUT2D eigenvalue weighted by atomic mass is 10.1. The molecule has 1 atom stereocenters. The molecule has 2 rings (SSSR count). The van der Waals surface area contributed by atoms with E-state index < -0.39 is 5.72 Å². The predicted octanol–water partition coefficient (Wildman–Crippen LogP) is 3.81. The molecule has 4 heteroatoms. The van der Waals surface area contributed by atoms with Crippen LogP contribution < -0.4 is 10.1 Å². The molecule has 0 bridgehead atoms. The summed E-state index contributed by atoms with van der Waals surface area (Å²) in [5.41, 5.74) is 2.67. The Hall–Kier alpha value is -1.48. The van der Waals surface area contributed by atoms with Crippen molar-refractivity contribution >= 4 is 17.4 Å². The summed E-state index contributed by atoms with van der Waals surface area (Å²) in [6.45, 7) is 9.93. The van der Waals surface area contributed by atoms with Gasteiger partial charge in [-0.15, -0.1) is 0 Å². The van der Waals surface area contributed by atoms with Crippen molar-refractivity contribution in [2.24, 2.45) is 4.99 Å². The monoisotopic (exact) mass is 278 g/mol. The van der Waals surface area contributed by atoms with Gasteiger partial charge in [-0.2, -0.15) is 0 Å². The Morgan fingerprint density at radius 3 is 2.26 bits per heavy atom. The molecule has 0 saturated heterocycles. The summed E-state index contributed by atoms with van der Waals surface area (Å²) in [7, 11) is 0. The Morgan fingerprint density at radius 2 is 1.74 bits per heavy atom. The lowest BCUT2D eigenvalue weighted by molar-refractivity contribution is 0.146. The molecule has 0 amide bonds. The molecular weight excluding hydrogens is 260 g/mol. The van der Waals surface area contributed by atoms with Gasteiger partial charge in [0.05, 0.1) is 0 Å². The average molecular weight is 279 g/mol. The molecule has 1 N–H and O–H groups in total. The number of hydrogen-bond acceptors (Lipinski definition) is 3. The second kappa shape index (κ2) is 4.89. The Morgan fingerprint density at radius 1 is 1.16 bits per heavy atom. The number of rotatable bonds is 2. The summed E-state index contributed by atoms with van der Waals surface area (Å²) >= 11 is 6.06. The summed E-state index contributed by atoms with van der Waals surface area (Å²) in [5.74, 6) is 1.62. The molecule has 1 heterocycles. The summed E-state index contributed by atoms with van der Waals surface area (Å²) in [5, 5.41) is 3.49. The maximum atomic E-state index is 6.11. The predicted molar refractivity (Wildman–Crippen MR) is 79.9 cm³/mol. The van der Waals surface area contributed by atoms with Crippen molar-refractivity contribution in [2.45, 2.75) is 40.3 Å². The summed E-state index contributed by atoms with van der Waals surface area (Å²) in [4.78, 5) is 4.49. The van der Waals surface area contributed by atoms with E-state index >= 15 is 0 Å². The number of nitrogens with zero attached hydrogens (tertiary/aromatic N) is 1. The first kappa shape index (κ1) is 13.9. The van der Waals surface area contributed by atoms with Gasteiger partial charge < -0.3 is 10.1 Å². The van der Waals surface area contributed by atoms with E-state index in [4.69, 9.17) is 16.3 Å². The van der Waals surface area contributed by atoms with Crippen LogP contribution in [0.3, 0.4) is 0 Å². The van der Waals surface area contributed by atoms with Crippen LogP contribution in [0.25, 0.3) is 0 Å². The van der Waals surface area contributed by atoms with Crippen LogP contribution in [0.1, 0.15) is 30.5 Å². The first-order chi connectivity index (χ1) is 8.79. The Balaban J connectivity index is 2.38. The summed E-state index contributed by atoms with van der Waals surface area (Å²) < 4.78 is 6.11. The lowest BCUT2D eigenvalue weighted by Gasteiger charge is -2.29. The van der Waals surface area contributed by atoms with E-state index in [-0.39, 0.29) is 0 Å². The van der Waals surface area contributed by atoms with Crippen LogP contribution in [-0.4, -0.2) is 11.6 Å². The lowest BCUT2D eigenvalue weighted by Crippen LogP contribution is -2.37. The molecule has 0 aromatic heterocycles. The molecule has 19 heavy (non-hydrogen) atoms. The third kappa shape index (κ3) is 3.10. The largest absolute Gasteiger partial charge is 0.462 e. The fraction of sp³-hybridized carbons (Fsp3) is 0.400. The minimum absolute atomic E-state index is 0.539. The van der Waals surface area contributed by atoms with Gasteiger partial charge in [-0.05, 0) is 38.8 Å². The van der Waals surface area contributed by atoms with Crippen molar-refractivity contribution < 1.29 is 4.74 Å². The number of aryl methyl sites for hydroxylation is 3. The summed E-state index contributed by atoms with van der Waals surface area (Å²) in [6, 6.07) is 4.21.